The number of ether oxygens (including phenoxy) is 1. The second kappa shape index (κ2) is 6.64. The zero-order chi connectivity index (χ0) is 18.4. The van der Waals surface area contributed by atoms with Crippen molar-refractivity contribution in [2.75, 3.05) is 26.8 Å². The number of hydrogen-bond donors (Lipinski definition) is 1. The summed E-state index contributed by atoms with van der Waals surface area (Å²) in [7, 11) is 3.74. The van der Waals surface area contributed by atoms with Crippen molar-refractivity contribution in [3.05, 3.63) is 17.2 Å². The molecule has 2 aliphatic carbocycles. The van der Waals surface area contributed by atoms with Crippen molar-refractivity contribution in [1.82, 2.24) is 14.5 Å². The molecule has 0 saturated heterocycles. The highest BCUT2D eigenvalue weighted by molar-refractivity contribution is 5.89. The summed E-state index contributed by atoms with van der Waals surface area (Å²) in [5.74, 6) is -0.0447. The molecular formula is C20H32N4O2. The van der Waals surface area contributed by atoms with Crippen molar-refractivity contribution in [3.63, 3.8) is 0 Å². The standard InChI is InChI=1S/C20H32N4O2/c1-23-16-4-11-24(12-15(16)22-18(23)17(21)25)10-3-5-19-6-8-20(13-19,9-7-19)14-26-2/h3-14H2,1-2H3,(H2,21,25). The lowest BCUT2D eigenvalue weighted by atomic mass is 9.79. The van der Waals surface area contributed by atoms with Gasteiger partial charge in [-0.05, 0) is 62.3 Å². The number of methoxy groups -OCH3 is 1. The lowest BCUT2D eigenvalue weighted by molar-refractivity contribution is 0.0860. The quantitative estimate of drug-likeness (QED) is 0.809. The first-order valence-electron chi connectivity index (χ1n) is 10.0. The van der Waals surface area contributed by atoms with E-state index in [-0.39, 0.29) is 0 Å². The lowest BCUT2D eigenvalue weighted by Gasteiger charge is -2.30. The molecule has 4 rings (SSSR count). The molecule has 0 spiro atoms. The molecule has 0 unspecified atom stereocenters. The molecule has 2 bridgehead atoms. The molecule has 0 aromatic carbocycles. The summed E-state index contributed by atoms with van der Waals surface area (Å²) in [5, 5.41) is 0. The predicted octanol–water partition coefficient (Wildman–Crippen LogP) is 2.25. The summed E-state index contributed by atoms with van der Waals surface area (Å²) in [5.41, 5.74) is 8.72. The summed E-state index contributed by atoms with van der Waals surface area (Å²) in [6.45, 7) is 3.97. The van der Waals surface area contributed by atoms with Crippen LogP contribution in [-0.4, -0.2) is 47.2 Å². The van der Waals surface area contributed by atoms with Gasteiger partial charge in [-0.1, -0.05) is 0 Å². The Labute approximate surface area is 156 Å². The molecule has 1 amide bonds. The van der Waals surface area contributed by atoms with Crippen LogP contribution in [0.5, 0.6) is 0 Å². The van der Waals surface area contributed by atoms with E-state index in [1.807, 2.05) is 18.7 Å². The molecule has 6 heteroatoms. The number of aromatic nitrogens is 2. The molecule has 2 fully saturated rings. The van der Waals surface area contributed by atoms with Crippen molar-refractivity contribution < 1.29 is 9.53 Å². The van der Waals surface area contributed by atoms with Crippen LogP contribution in [0.1, 0.15) is 67.0 Å². The van der Waals surface area contributed by atoms with Crippen LogP contribution in [0.3, 0.4) is 0 Å². The van der Waals surface area contributed by atoms with E-state index in [4.69, 9.17) is 10.5 Å². The first kappa shape index (κ1) is 18.0. The summed E-state index contributed by atoms with van der Waals surface area (Å²) in [4.78, 5) is 18.5. The maximum atomic E-state index is 11.5. The Morgan fingerprint density at radius 3 is 2.69 bits per heavy atom. The van der Waals surface area contributed by atoms with Crippen LogP contribution in [0.15, 0.2) is 0 Å². The van der Waals surface area contributed by atoms with E-state index in [1.165, 1.54) is 50.6 Å². The van der Waals surface area contributed by atoms with E-state index in [1.54, 1.807) is 0 Å². The van der Waals surface area contributed by atoms with Gasteiger partial charge in [-0.2, -0.15) is 0 Å². The number of nitrogens with zero attached hydrogens (tertiary/aromatic N) is 3. The van der Waals surface area contributed by atoms with Crippen molar-refractivity contribution in [2.45, 2.75) is 57.9 Å². The molecule has 2 saturated carbocycles. The summed E-state index contributed by atoms with van der Waals surface area (Å²) in [6, 6.07) is 0. The van der Waals surface area contributed by atoms with E-state index in [2.05, 4.69) is 9.88 Å². The smallest absolute Gasteiger partial charge is 0.284 e. The third kappa shape index (κ3) is 3.07. The maximum absolute atomic E-state index is 11.5. The van der Waals surface area contributed by atoms with E-state index in [0.29, 0.717) is 16.7 Å². The van der Waals surface area contributed by atoms with Gasteiger partial charge in [-0.3, -0.25) is 9.69 Å². The van der Waals surface area contributed by atoms with Gasteiger partial charge in [-0.15, -0.1) is 0 Å². The lowest BCUT2D eigenvalue weighted by Crippen LogP contribution is -2.32. The number of hydrogen-bond acceptors (Lipinski definition) is 4. The van der Waals surface area contributed by atoms with Crippen molar-refractivity contribution in [2.24, 2.45) is 23.6 Å². The first-order valence-corrected chi connectivity index (χ1v) is 10.0. The van der Waals surface area contributed by atoms with Gasteiger partial charge in [0.25, 0.3) is 5.91 Å². The van der Waals surface area contributed by atoms with Gasteiger partial charge in [-0.25, -0.2) is 4.98 Å². The van der Waals surface area contributed by atoms with Crippen LogP contribution in [0.4, 0.5) is 0 Å². The number of fused-ring (bicyclic) bond motifs is 3. The van der Waals surface area contributed by atoms with Gasteiger partial charge in [0, 0.05) is 39.4 Å². The van der Waals surface area contributed by atoms with Gasteiger partial charge < -0.3 is 15.0 Å². The summed E-state index contributed by atoms with van der Waals surface area (Å²) >= 11 is 0. The fourth-order valence-electron chi connectivity index (χ4n) is 5.97. The van der Waals surface area contributed by atoms with Crippen molar-refractivity contribution in [3.8, 4) is 0 Å². The van der Waals surface area contributed by atoms with E-state index in [0.717, 1.165) is 38.4 Å². The normalized spacial score (nSPS) is 30.7. The van der Waals surface area contributed by atoms with Gasteiger partial charge in [0.1, 0.15) is 0 Å². The van der Waals surface area contributed by atoms with Crippen molar-refractivity contribution in [1.29, 1.82) is 0 Å². The minimum atomic E-state index is -0.436. The molecule has 2 N–H and O–H groups in total. The van der Waals surface area contributed by atoms with Crippen molar-refractivity contribution >= 4 is 5.91 Å². The third-order valence-electron chi connectivity index (χ3n) is 7.31. The number of carbonyl (C=O) groups is 1. The number of primary amides is 1. The highest BCUT2D eigenvalue weighted by Crippen LogP contribution is 2.63. The Bertz CT molecular complexity index is 688. The fraction of sp³-hybridized carbons (Fsp3) is 0.800. The van der Waals surface area contributed by atoms with Gasteiger partial charge in [0.15, 0.2) is 5.82 Å². The Morgan fingerprint density at radius 2 is 2.00 bits per heavy atom. The molecule has 0 radical (unpaired) electrons. The first-order chi connectivity index (χ1) is 12.5. The zero-order valence-electron chi connectivity index (χ0n) is 16.2. The molecule has 3 aliphatic rings. The number of amides is 1. The molecule has 2 heterocycles. The minimum absolute atomic E-state index is 0.391. The summed E-state index contributed by atoms with van der Waals surface area (Å²) in [6.07, 6.45) is 10.4. The number of carbonyl (C=O) groups excluding carboxylic acids is 1. The van der Waals surface area contributed by atoms with Gasteiger partial charge >= 0.3 is 0 Å². The second-order valence-corrected chi connectivity index (χ2v) is 8.99. The SMILES string of the molecule is COCC12CCC(CCCN3CCc4c(nc(C(N)=O)n4C)C3)(CC1)C2. The molecular weight excluding hydrogens is 328 g/mol. The van der Waals surface area contributed by atoms with Gasteiger partial charge in [0.05, 0.1) is 12.3 Å². The minimum Gasteiger partial charge on any atom is -0.384 e. The molecule has 26 heavy (non-hydrogen) atoms. The Kier molecular flexibility index (Phi) is 4.59. The Morgan fingerprint density at radius 1 is 1.27 bits per heavy atom. The fourth-order valence-corrected chi connectivity index (χ4v) is 5.97. The molecule has 0 atom stereocenters. The highest BCUT2D eigenvalue weighted by Gasteiger charge is 2.53. The Balaban J connectivity index is 1.30. The van der Waals surface area contributed by atoms with E-state index < -0.39 is 5.91 Å². The summed E-state index contributed by atoms with van der Waals surface area (Å²) < 4.78 is 7.38. The second-order valence-electron chi connectivity index (χ2n) is 8.99. The molecule has 1 aliphatic heterocycles. The van der Waals surface area contributed by atoms with E-state index >= 15 is 0 Å². The average Bonchev–Trinajstić information content (AvgIpc) is 3.25. The monoisotopic (exact) mass is 360 g/mol. The predicted molar refractivity (Wildman–Crippen MR) is 99.8 cm³/mol. The van der Waals surface area contributed by atoms with Crippen LogP contribution in [0.2, 0.25) is 0 Å². The third-order valence-corrected chi connectivity index (χ3v) is 7.31. The van der Waals surface area contributed by atoms with Crippen LogP contribution in [0, 0.1) is 10.8 Å². The zero-order valence-corrected chi connectivity index (χ0v) is 16.2. The molecule has 144 valence electrons. The number of nitrogens with two attached hydrogens (primary N) is 1. The topological polar surface area (TPSA) is 73.4 Å². The largest absolute Gasteiger partial charge is 0.384 e. The number of rotatable bonds is 7. The van der Waals surface area contributed by atoms with Crippen LogP contribution >= 0.6 is 0 Å². The molecule has 6 nitrogen and oxygen atoms in total. The molecule has 1 aromatic rings. The average molecular weight is 361 g/mol. The van der Waals surface area contributed by atoms with Crippen LogP contribution in [-0.2, 0) is 24.8 Å². The van der Waals surface area contributed by atoms with Crippen LogP contribution < -0.4 is 5.73 Å². The number of imidazole rings is 1. The highest BCUT2D eigenvalue weighted by atomic mass is 16.5. The molecule has 1 aromatic heterocycles. The van der Waals surface area contributed by atoms with Gasteiger partial charge in [0.2, 0.25) is 0 Å². The maximum Gasteiger partial charge on any atom is 0.284 e. The van der Waals surface area contributed by atoms with E-state index in [9.17, 15) is 4.79 Å². The Hall–Kier alpha value is -1.40. The van der Waals surface area contributed by atoms with Crippen LogP contribution in [0.25, 0.3) is 0 Å².